The summed E-state index contributed by atoms with van der Waals surface area (Å²) in [6.45, 7) is 3.02. The molecule has 1 aromatic heterocycles. The fraction of sp³-hybridized carbons (Fsp3) is 0.500. The molecular weight excluding hydrogens is 234 g/mol. The summed E-state index contributed by atoms with van der Waals surface area (Å²) >= 11 is 0. The minimum absolute atomic E-state index is 0.622. The summed E-state index contributed by atoms with van der Waals surface area (Å²) in [7, 11) is 0. The summed E-state index contributed by atoms with van der Waals surface area (Å²) in [5.41, 5.74) is 3.30. The van der Waals surface area contributed by atoms with E-state index in [-0.39, 0.29) is 0 Å². The van der Waals surface area contributed by atoms with Crippen molar-refractivity contribution in [3.8, 4) is 0 Å². The number of nitrogens with zero attached hydrogens (tertiary/aromatic N) is 3. The van der Waals surface area contributed by atoms with Gasteiger partial charge in [0.15, 0.2) is 0 Å². The number of hydrogen-bond donors (Lipinski definition) is 0. The van der Waals surface area contributed by atoms with Crippen molar-refractivity contribution >= 4 is 0 Å². The van der Waals surface area contributed by atoms with Gasteiger partial charge in [0.05, 0.1) is 6.54 Å². The molecular formula is C16H19N3. The summed E-state index contributed by atoms with van der Waals surface area (Å²) in [5, 5.41) is 4.44. The van der Waals surface area contributed by atoms with Crippen LogP contribution in [0.15, 0.2) is 30.6 Å². The Balaban J connectivity index is 1.60. The molecule has 0 bridgehead atoms. The maximum Gasteiger partial charge on any atom is 0.138 e. The molecule has 2 saturated carbocycles. The van der Waals surface area contributed by atoms with Crippen LogP contribution in [0.3, 0.4) is 0 Å². The fourth-order valence-corrected chi connectivity index (χ4v) is 3.51. The average molecular weight is 253 g/mol. The first kappa shape index (κ1) is 11.2. The Morgan fingerprint density at radius 1 is 1.32 bits per heavy atom. The van der Waals surface area contributed by atoms with Gasteiger partial charge in [0, 0.05) is 5.92 Å². The number of aromatic nitrogens is 3. The van der Waals surface area contributed by atoms with E-state index in [1.54, 1.807) is 6.33 Å². The molecule has 2 aliphatic carbocycles. The summed E-state index contributed by atoms with van der Waals surface area (Å²) < 4.78 is 2.11. The summed E-state index contributed by atoms with van der Waals surface area (Å²) in [5.74, 6) is 1.88. The van der Waals surface area contributed by atoms with Gasteiger partial charge in [-0.2, -0.15) is 5.10 Å². The van der Waals surface area contributed by atoms with Gasteiger partial charge in [-0.1, -0.05) is 30.7 Å². The van der Waals surface area contributed by atoms with Crippen LogP contribution in [0.2, 0.25) is 0 Å². The molecule has 2 aromatic rings. The number of hydrogen-bond acceptors (Lipinski definition) is 2. The molecule has 1 atom stereocenters. The molecule has 4 rings (SSSR count). The molecule has 0 amide bonds. The second-order valence-electron chi connectivity index (χ2n) is 6.18. The number of rotatable bonds is 3. The standard InChI is InChI=1S/C16H19N3/c1-12-5-2-3-6-13(12)10-19-15(17-11-18-19)14-9-16(14)7-4-8-16/h2-3,5-6,11,14H,4,7-10H2,1H3/t14-/m1/s1. The molecule has 2 aliphatic rings. The van der Waals surface area contributed by atoms with Gasteiger partial charge in [0.25, 0.3) is 0 Å². The van der Waals surface area contributed by atoms with E-state index in [0.29, 0.717) is 11.3 Å². The molecule has 0 aliphatic heterocycles. The lowest BCUT2D eigenvalue weighted by molar-refractivity contribution is 0.273. The average Bonchev–Trinajstić information content (AvgIpc) is 2.99. The lowest BCUT2D eigenvalue weighted by Crippen LogP contribution is -2.16. The maximum absolute atomic E-state index is 4.53. The third-order valence-electron chi connectivity index (χ3n) is 5.08. The lowest BCUT2D eigenvalue weighted by atomic mass is 9.79. The highest BCUT2D eigenvalue weighted by molar-refractivity contribution is 5.27. The van der Waals surface area contributed by atoms with Crippen LogP contribution in [0.4, 0.5) is 0 Å². The highest BCUT2D eigenvalue weighted by Crippen LogP contribution is 2.69. The quantitative estimate of drug-likeness (QED) is 0.840. The van der Waals surface area contributed by atoms with Crippen molar-refractivity contribution in [3.05, 3.63) is 47.5 Å². The van der Waals surface area contributed by atoms with Crippen LogP contribution in [0.25, 0.3) is 0 Å². The van der Waals surface area contributed by atoms with Gasteiger partial charge in [0.1, 0.15) is 12.2 Å². The van der Waals surface area contributed by atoms with E-state index < -0.39 is 0 Å². The molecule has 3 heteroatoms. The SMILES string of the molecule is Cc1ccccc1Cn1ncnc1[C@H]1CC12CCC2. The van der Waals surface area contributed by atoms with Gasteiger partial charge < -0.3 is 0 Å². The van der Waals surface area contributed by atoms with Crippen LogP contribution in [0.5, 0.6) is 0 Å². The molecule has 98 valence electrons. The smallest absolute Gasteiger partial charge is 0.138 e. The summed E-state index contributed by atoms with van der Waals surface area (Å²) in [6, 6.07) is 8.54. The van der Waals surface area contributed by atoms with Crippen molar-refractivity contribution in [1.82, 2.24) is 14.8 Å². The van der Waals surface area contributed by atoms with Gasteiger partial charge >= 0.3 is 0 Å². The van der Waals surface area contributed by atoms with Crippen molar-refractivity contribution in [2.24, 2.45) is 5.41 Å². The Labute approximate surface area is 113 Å². The molecule has 19 heavy (non-hydrogen) atoms. The summed E-state index contributed by atoms with van der Waals surface area (Å²) in [6.07, 6.45) is 7.25. The highest BCUT2D eigenvalue weighted by atomic mass is 15.3. The lowest BCUT2D eigenvalue weighted by Gasteiger charge is -2.26. The molecule has 1 heterocycles. The minimum Gasteiger partial charge on any atom is -0.245 e. The van der Waals surface area contributed by atoms with Crippen LogP contribution in [-0.2, 0) is 6.54 Å². The Bertz CT molecular complexity index is 610. The van der Waals surface area contributed by atoms with E-state index in [4.69, 9.17) is 0 Å². The van der Waals surface area contributed by atoms with Gasteiger partial charge in [-0.15, -0.1) is 0 Å². The van der Waals surface area contributed by atoms with E-state index >= 15 is 0 Å². The van der Waals surface area contributed by atoms with Gasteiger partial charge in [-0.25, -0.2) is 9.67 Å². The van der Waals surface area contributed by atoms with Crippen molar-refractivity contribution in [1.29, 1.82) is 0 Å². The van der Waals surface area contributed by atoms with Gasteiger partial charge in [0.2, 0.25) is 0 Å². The van der Waals surface area contributed by atoms with E-state index in [2.05, 4.69) is 46.0 Å². The minimum atomic E-state index is 0.622. The van der Waals surface area contributed by atoms with E-state index in [0.717, 1.165) is 6.54 Å². The van der Waals surface area contributed by atoms with Crippen LogP contribution in [0, 0.1) is 12.3 Å². The van der Waals surface area contributed by atoms with Crippen LogP contribution in [0.1, 0.15) is 48.6 Å². The van der Waals surface area contributed by atoms with E-state index in [1.165, 1.54) is 42.6 Å². The summed E-state index contributed by atoms with van der Waals surface area (Å²) in [4.78, 5) is 4.53. The Morgan fingerprint density at radius 3 is 2.84 bits per heavy atom. The molecule has 1 spiro atoms. The second kappa shape index (κ2) is 3.92. The van der Waals surface area contributed by atoms with Crippen molar-refractivity contribution in [2.75, 3.05) is 0 Å². The molecule has 0 saturated heterocycles. The van der Waals surface area contributed by atoms with Gasteiger partial charge in [-0.3, -0.25) is 0 Å². The Morgan fingerprint density at radius 2 is 2.16 bits per heavy atom. The van der Waals surface area contributed by atoms with Crippen molar-refractivity contribution < 1.29 is 0 Å². The monoisotopic (exact) mass is 253 g/mol. The van der Waals surface area contributed by atoms with Crippen LogP contribution in [-0.4, -0.2) is 14.8 Å². The van der Waals surface area contributed by atoms with Crippen LogP contribution < -0.4 is 0 Å². The topological polar surface area (TPSA) is 30.7 Å². The Kier molecular flexibility index (Phi) is 2.32. The largest absolute Gasteiger partial charge is 0.245 e. The normalized spacial score (nSPS) is 23.3. The highest BCUT2D eigenvalue weighted by Gasteiger charge is 2.59. The zero-order chi connectivity index (χ0) is 12.9. The maximum atomic E-state index is 4.53. The van der Waals surface area contributed by atoms with E-state index in [1.807, 2.05) is 0 Å². The van der Waals surface area contributed by atoms with Gasteiger partial charge in [-0.05, 0) is 42.7 Å². The molecule has 0 radical (unpaired) electrons. The van der Waals surface area contributed by atoms with E-state index in [9.17, 15) is 0 Å². The zero-order valence-corrected chi connectivity index (χ0v) is 11.3. The molecule has 2 fully saturated rings. The number of benzene rings is 1. The third-order valence-corrected chi connectivity index (χ3v) is 5.08. The second-order valence-corrected chi connectivity index (χ2v) is 6.18. The molecule has 1 aromatic carbocycles. The molecule has 0 unspecified atom stereocenters. The molecule has 0 N–H and O–H groups in total. The first-order valence-corrected chi connectivity index (χ1v) is 7.21. The molecule has 3 nitrogen and oxygen atoms in total. The number of aryl methyl sites for hydroxylation is 1. The third kappa shape index (κ3) is 1.71. The predicted octanol–water partition coefficient (Wildman–Crippen LogP) is 3.29. The fourth-order valence-electron chi connectivity index (χ4n) is 3.51. The zero-order valence-electron chi connectivity index (χ0n) is 11.3. The van der Waals surface area contributed by atoms with Crippen LogP contribution >= 0.6 is 0 Å². The first-order valence-electron chi connectivity index (χ1n) is 7.21. The predicted molar refractivity (Wildman–Crippen MR) is 73.9 cm³/mol. The van der Waals surface area contributed by atoms with Crippen molar-refractivity contribution in [3.63, 3.8) is 0 Å². The Hall–Kier alpha value is -1.64. The first-order chi connectivity index (χ1) is 9.28. The van der Waals surface area contributed by atoms with Crippen molar-refractivity contribution in [2.45, 2.75) is 45.1 Å².